The predicted octanol–water partition coefficient (Wildman–Crippen LogP) is 13.2. The lowest BCUT2D eigenvalue weighted by Gasteiger charge is -2.37. The number of H-pyrrole nitrogens is 1. The van der Waals surface area contributed by atoms with E-state index in [0.717, 1.165) is 144 Å². The summed E-state index contributed by atoms with van der Waals surface area (Å²) in [7, 11) is 0. The van der Waals surface area contributed by atoms with Gasteiger partial charge in [-0.05, 0) is 140 Å². The number of likely N-dealkylation sites (tertiary alicyclic amines) is 2. The van der Waals surface area contributed by atoms with Gasteiger partial charge in [0.1, 0.15) is 36.0 Å². The highest BCUT2D eigenvalue weighted by molar-refractivity contribution is 7.51. The van der Waals surface area contributed by atoms with E-state index in [4.69, 9.17) is 46.9 Å². The van der Waals surface area contributed by atoms with Crippen LogP contribution in [-0.4, -0.2) is 117 Å². The average molecular weight is 1240 g/mol. The normalized spacial score (nSPS) is 16.3. The molecule has 0 saturated carbocycles. The number of para-hydroxylation sites is 1. The van der Waals surface area contributed by atoms with Gasteiger partial charge < -0.3 is 48.5 Å². The lowest BCUT2D eigenvalue weighted by molar-refractivity contribution is 0.0689. The number of carbonyl (C=O) groups is 2. The lowest BCUT2D eigenvalue weighted by Crippen LogP contribution is -2.50. The van der Waals surface area contributed by atoms with Crippen LogP contribution in [-0.2, 0) is 34.3 Å². The molecule has 0 spiro atoms. The number of rotatable bonds is 13. The van der Waals surface area contributed by atoms with Crippen LogP contribution in [0.4, 0.5) is 21.5 Å². The Morgan fingerprint density at radius 2 is 1.04 bits per heavy atom. The van der Waals surface area contributed by atoms with Crippen LogP contribution in [0, 0.1) is 41.5 Å². The molecule has 3 N–H and O–H groups in total. The highest BCUT2D eigenvalue weighted by atomic mass is 32.1. The van der Waals surface area contributed by atoms with Gasteiger partial charge in [0.15, 0.2) is 0 Å². The first-order valence-corrected chi connectivity index (χ1v) is 30.8. The van der Waals surface area contributed by atoms with Gasteiger partial charge >= 0.3 is 23.8 Å². The van der Waals surface area contributed by atoms with Gasteiger partial charge in [-0.25, -0.2) is 39.5 Å². The number of anilines is 2. The van der Waals surface area contributed by atoms with Crippen LogP contribution < -0.4 is 10.6 Å². The molecule has 23 heteroatoms. The number of hydrogen-bond donors (Lipinski definition) is 3. The van der Waals surface area contributed by atoms with Crippen LogP contribution in [0.1, 0.15) is 84.7 Å². The van der Waals surface area contributed by atoms with Crippen molar-refractivity contribution in [1.82, 2.24) is 59.6 Å². The molecule has 4 atom stereocenters. The summed E-state index contributed by atoms with van der Waals surface area (Å²) in [5, 5.41) is 17.1. The number of benzene rings is 3. The highest BCUT2D eigenvalue weighted by Gasteiger charge is 2.33. The summed E-state index contributed by atoms with van der Waals surface area (Å²) in [6.07, 6.45) is 10.6. The SMILES string of the molecule is Cc1cnc(N[C@H]2CC[C@H](C)N(C(=O)OCc3ccccc3)C2)nc1-c1c[nH]c2nc(-c3c(C)noc3C)ccc12.Cc1cnc(N[C@H]2CC[C@H](C)N(C(=O)OCc3ccccc3)C2)nc1-c1cn(-c2ccccc2)c2nc(-c3c(C)noc3C)ccc12.O=S=O. The van der Waals surface area contributed by atoms with Gasteiger partial charge in [-0.2, -0.15) is 8.42 Å². The number of hydrogen-bond acceptors (Lipinski definition) is 18. The summed E-state index contributed by atoms with van der Waals surface area (Å²) in [6.45, 7) is 17.3. The number of aromatic nitrogens is 10. The molecule has 0 aliphatic carbocycles. The maximum atomic E-state index is 13.1. The van der Waals surface area contributed by atoms with E-state index in [1.54, 1.807) is 9.80 Å². The molecule has 0 bridgehead atoms. The summed E-state index contributed by atoms with van der Waals surface area (Å²) in [6, 6.07) is 37.9. The number of pyridine rings is 2. The summed E-state index contributed by atoms with van der Waals surface area (Å²) < 4.78 is 40.7. The Morgan fingerprint density at radius 1 is 0.582 bits per heavy atom. The third-order valence-electron chi connectivity index (χ3n) is 16.6. The first kappa shape index (κ1) is 62.2. The number of nitrogens with zero attached hydrogens (tertiary/aromatic N) is 11. The van der Waals surface area contributed by atoms with Gasteiger partial charge in [0.05, 0.1) is 45.3 Å². The molecule has 13 rings (SSSR count). The van der Waals surface area contributed by atoms with E-state index in [1.807, 2.05) is 157 Å². The minimum atomic E-state index is -0.750. The number of fused-ring (bicyclic) bond motifs is 2. The average Bonchev–Trinajstić information content (AvgIpc) is 1.65. The topological polar surface area (TPSA) is 267 Å². The van der Waals surface area contributed by atoms with E-state index in [1.165, 1.54) is 0 Å². The van der Waals surface area contributed by atoms with Crippen LogP contribution in [0.2, 0.25) is 0 Å². The number of amides is 2. The van der Waals surface area contributed by atoms with Crippen molar-refractivity contribution in [3.05, 3.63) is 185 Å². The van der Waals surface area contributed by atoms with E-state index in [2.05, 4.69) is 78.7 Å². The van der Waals surface area contributed by atoms with Crippen LogP contribution in [0.25, 0.3) is 72.8 Å². The van der Waals surface area contributed by atoms with Crippen molar-refractivity contribution < 1.29 is 36.5 Å². The van der Waals surface area contributed by atoms with E-state index in [-0.39, 0.29) is 49.6 Å². The van der Waals surface area contributed by atoms with Crippen LogP contribution in [0.5, 0.6) is 0 Å². The molecule has 22 nitrogen and oxygen atoms in total. The van der Waals surface area contributed by atoms with Crippen molar-refractivity contribution in [2.45, 2.75) is 118 Å². The second-order valence-electron chi connectivity index (χ2n) is 22.9. The number of ether oxygens (including phenoxy) is 2. The zero-order valence-electron chi connectivity index (χ0n) is 51.8. The monoisotopic (exact) mass is 1240 g/mol. The molecule has 0 radical (unpaired) electrons. The first-order chi connectivity index (χ1) is 44.1. The molecule has 2 aliphatic heterocycles. The first-order valence-electron chi connectivity index (χ1n) is 30.1. The fraction of sp³-hybridized carbons (Fsp3) is 0.294. The molecule has 3 aromatic carbocycles. The molecule has 2 fully saturated rings. The lowest BCUT2D eigenvalue weighted by atomic mass is 10.00. The molecule has 466 valence electrons. The smallest absolute Gasteiger partial charge is 0.410 e. The van der Waals surface area contributed by atoms with E-state index in [0.29, 0.717) is 25.0 Å². The molecule has 91 heavy (non-hydrogen) atoms. The Morgan fingerprint density at radius 3 is 1.53 bits per heavy atom. The van der Waals surface area contributed by atoms with E-state index in [9.17, 15) is 9.59 Å². The van der Waals surface area contributed by atoms with Crippen LogP contribution in [0.15, 0.2) is 149 Å². The molecule has 11 aromatic rings. The molecule has 2 aliphatic rings. The largest absolute Gasteiger partial charge is 0.445 e. The number of carbonyl (C=O) groups excluding carboxylic acids is 2. The quantitative estimate of drug-likeness (QED) is 0.0968. The van der Waals surface area contributed by atoms with Crippen molar-refractivity contribution in [2.24, 2.45) is 0 Å². The Hall–Kier alpha value is -10.4. The number of piperidine rings is 2. The van der Waals surface area contributed by atoms with Gasteiger partial charge in [-0.3, -0.25) is 0 Å². The molecule has 2 amide bonds. The molecule has 8 aromatic heterocycles. The fourth-order valence-electron chi connectivity index (χ4n) is 11.7. The Labute approximate surface area is 529 Å². The summed E-state index contributed by atoms with van der Waals surface area (Å²) in [5.74, 6) is 2.51. The molecule has 2 saturated heterocycles. The summed E-state index contributed by atoms with van der Waals surface area (Å²) >= 11 is -0.750. The van der Waals surface area contributed by atoms with E-state index >= 15 is 0 Å². The van der Waals surface area contributed by atoms with Gasteiger partial charge in [0.25, 0.3) is 0 Å². The molecule has 0 unspecified atom stereocenters. The van der Waals surface area contributed by atoms with Gasteiger partial charge in [-0.1, -0.05) is 89.2 Å². The number of aromatic amines is 1. The minimum absolute atomic E-state index is 0.00766. The molecule has 10 heterocycles. The Bertz CT molecular complexity index is 4360. The fourth-order valence-corrected chi connectivity index (χ4v) is 11.7. The Balaban J connectivity index is 0.000000181. The third kappa shape index (κ3) is 14.1. The third-order valence-corrected chi connectivity index (χ3v) is 16.6. The number of aryl methyl sites for hydroxylation is 6. The zero-order valence-corrected chi connectivity index (χ0v) is 52.7. The van der Waals surface area contributed by atoms with Crippen molar-refractivity contribution in [3.63, 3.8) is 0 Å². The second kappa shape index (κ2) is 28.0. The summed E-state index contributed by atoms with van der Waals surface area (Å²) in [5.41, 5.74) is 15.0. The highest BCUT2D eigenvalue weighted by Crippen LogP contribution is 2.37. The molecular formula is C68H70N14O8S. The van der Waals surface area contributed by atoms with Gasteiger partial charge in [0.2, 0.25) is 11.9 Å². The van der Waals surface area contributed by atoms with Crippen molar-refractivity contribution in [1.29, 1.82) is 0 Å². The predicted molar refractivity (Wildman–Crippen MR) is 346 cm³/mol. The van der Waals surface area contributed by atoms with E-state index < -0.39 is 11.6 Å². The van der Waals surface area contributed by atoms with Crippen molar-refractivity contribution >= 4 is 57.7 Å². The van der Waals surface area contributed by atoms with Gasteiger partial charge in [0, 0.05) is 89.6 Å². The van der Waals surface area contributed by atoms with Crippen molar-refractivity contribution in [3.8, 4) is 50.7 Å². The van der Waals surface area contributed by atoms with Crippen molar-refractivity contribution in [2.75, 3.05) is 23.7 Å². The summed E-state index contributed by atoms with van der Waals surface area (Å²) in [4.78, 5) is 62.0. The molecular weight excluding hydrogens is 1170 g/mol. The standard InChI is InChI=1S/C37H37N7O3.C31H33N7O3.O2S/c1-23-19-38-36(39-28-16-15-24(2)43(20-28)37(45)46-22-27-11-7-5-8-12-27)41-34(23)31-21-44(29-13-9-6-10-14-29)35-30(31)17-18-32(40-35)33-25(3)42-47-26(33)4;1-18-14-33-30(34-23-11-10-19(2)38(16-23)31(39)40-17-22-8-6-5-7-9-22)36-28(18)25-15-32-29-24(25)12-13-26(35-29)27-20(3)37-41-21(27)4;1-3-2/h5-14,17-19,21,24,28H,15-16,20,22H2,1-4H3,(H,38,39,41);5-9,12-15,19,23H,10-11,16-17H2,1-4H3,(H,32,35)(H,33,34,36);/t24-,28-;19-,23-;/m00./s1. The Kier molecular flexibility index (Phi) is 19.1. The minimum Gasteiger partial charge on any atom is -0.445 e. The van der Waals surface area contributed by atoms with Crippen LogP contribution >= 0.6 is 0 Å². The maximum absolute atomic E-state index is 13.1. The zero-order chi connectivity index (χ0) is 63.7. The maximum Gasteiger partial charge on any atom is 0.410 e. The second-order valence-corrected chi connectivity index (χ2v) is 23.1. The number of nitrogens with one attached hydrogen (secondary N) is 3. The van der Waals surface area contributed by atoms with Crippen LogP contribution in [0.3, 0.4) is 0 Å². The van der Waals surface area contributed by atoms with Gasteiger partial charge in [-0.15, -0.1) is 0 Å².